The van der Waals surface area contributed by atoms with Crippen molar-refractivity contribution in [2.45, 2.75) is 6.54 Å². The monoisotopic (exact) mass is 234 g/mol. The van der Waals surface area contributed by atoms with Gasteiger partial charge in [-0.25, -0.2) is 9.89 Å². The smallest absolute Gasteiger partial charge is 0.342 e. The van der Waals surface area contributed by atoms with Gasteiger partial charge in [-0.3, -0.25) is 9.78 Å². The zero-order chi connectivity index (χ0) is 12.3. The van der Waals surface area contributed by atoms with Crippen molar-refractivity contribution in [3.05, 3.63) is 50.7 Å². The molecule has 17 heavy (non-hydrogen) atoms. The van der Waals surface area contributed by atoms with Crippen molar-refractivity contribution in [3.8, 4) is 5.75 Å². The number of anilines is 1. The van der Waals surface area contributed by atoms with E-state index >= 15 is 0 Å². The Morgan fingerprint density at radius 1 is 1.24 bits per heavy atom. The highest BCUT2D eigenvalue weighted by Gasteiger charge is 2.01. The number of rotatable bonds is 3. The lowest BCUT2D eigenvalue weighted by Gasteiger charge is -2.03. The quantitative estimate of drug-likeness (QED) is 0.586. The van der Waals surface area contributed by atoms with Crippen LogP contribution in [0.3, 0.4) is 0 Å². The summed E-state index contributed by atoms with van der Waals surface area (Å²) in [4.78, 5) is 24.1. The van der Waals surface area contributed by atoms with Crippen LogP contribution in [0.2, 0.25) is 0 Å². The van der Waals surface area contributed by atoms with Crippen molar-refractivity contribution < 1.29 is 5.11 Å². The van der Waals surface area contributed by atoms with Crippen LogP contribution >= 0.6 is 0 Å². The number of aromatic hydroxyl groups is 1. The molecule has 0 fully saturated rings. The van der Waals surface area contributed by atoms with Crippen LogP contribution in [0.25, 0.3) is 0 Å². The minimum absolute atomic E-state index is 0.0395. The molecule has 0 unspecified atom stereocenters. The summed E-state index contributed by atoms with van der Waals surface area (Å²) in [5, 5.41) is 17.5. The van der Waals surface area contributed by atoms with Crippen molar-refractivity contribution >= 4 is 5.82 Å². The zero-order valence-corrected chi connectivity index (χ0v) is 8.73. The van der Waals surface area contributed by atoms with E-state index in [9.17, 15) is 9.59 Å². The summed E-state index contributed by atoms with van der Waals surface area (Å²) >= 11 is 0. The summed E-state index contributed by atoms with van der Waals surface area (Å²) in [6.07, 6.45) is 0. The van der Waals surface area contributed by atoms with Crippen LogP contribution in [0.4, 0.5) is 5.82 Å². The highest BCUT2D eigenvalue weighted by atomic mass is 16.3. The number of H-pyrrole nitrogens is 2. The maximum Gasteiger partial charge on any atom is 0.342 e. The molecule has 7 nitrogen and oxygen atoms in total. The fourth-order valence-corrected chi connectivity index (χ4v) is 1.27. The summed E-state index contributed by atoms with van der Waals surface area (Å²) < 4.78 is 0. The van der Waals surface area contributed by atoms with Gasteiger partial charge in [0.2, 0.25) is 5.82 Å². The molecule has 2 rings (SSSR count). The number of phenols is 1. The molecule has 0 aliphatic heterocycles. The molecule has 1 aromatic carbocycles. The Hall–Kier alpha value is -2.57. The van der Waals surface area contributed by atoms with E-state index in [4.69, 9.17) is 5.11 Å². The predicted molar refractivity (Wildman–Crippen MR) is 60.9 cm³/mol. The maximum absolute atomic E-state index is 11.3. The van der Waals surface area contributed by atoms with E-state index in [1.165, 1.54) is 0 Å². The van der Waals surface area contributed by atoms with Gasteiger partial charge in [-0.2, -0.15) is 0 Å². The van der Waals surface area contributed by atoms with Gasteiger partial charge in [-0.05, 0) is 17.7 Å². The van der Waals surface area contributed by atoms with Gasteiger partial charge in [-0.15, -0.1) is 5.10 Å². The molecule has 0 radical (unpaired) electrons. The molecule has 0 amide bonds. The maximum atomic E-state index is 11.3. The Morgan fingerprint density at radius 3 is 2.59 bits per heavy atom. The number of aromatic amines is 2. The van der Waals surface area contributed by atoms with Gasteiger partial charge in [0.25, 0.3) is 5.56 Å². The lowest BCUT2D eigenvalue weighted by molar-refractivity contribution is 0.475. The van der Waals surface area contributed by atoms with Crippen LogP contribution in [0.5, 0.6) is 5.75 Å². The largest absolute Gasteiger partial charge is 0.508 e. The van der Waals surface area contributed by atoms with E-state index in [0.29, 0.717) is 6.54 Å². The number of phenolic OH excluding ortho intramolecular Hbond substituents is 1. The van der Waals surface area contributed by atoms with E-state index in [0.717, 1.165) is 5.56 Å². The molecule has 0 bridgehead atoms. The van der Waals surface area contributed by atoms with Gasteiger partial charge >= 0.3 is 5.69 Å². The third kappa shape index (κ3) is 2.71. The number of benzene rings is 1. The van der Waals surface area contributed by atoms with Crippen molar-refractivity contribution in [2.75, 3.05) is 5.32 Å². The van der Waals surface area contributed by atoms with E-state index in [-0.39, 0.29) is 11.6 Å². The van der Waals surface area contributed by atoms with Gasteiger partial charge in [-0.1, -0.05) is 12.1 Å². The molecule has 7 heteroatoms. The normalized spacial score (nSPS) is 10.1. The second kappa shape index (κ2) is 4.52. The summed E-state index contributed by atoms with van der Waals surface area (Å²) in [5.41, 5.74) is -0.354. The topological polar surface area (TPSA) is 111 Å². The van der Waals surface area contributed by atoms with Gasteiger partial charge in [0.05, 0.1) is 0 Å². The summed E-state index contributed by atoms with van der Waals surface area (Å²) in [6, 6.07) is 6.51. The van der Waals surface area contributed by atoms with Gasteiger partial charge in [0.15, 0.2) is 0 Å². The van der Waals surface area contributed by atoms with Crippen molar-refractivity contribution in [3.63, 3.8) is 0 Å². The second-order valence-electron chi connectivity index (χ2n) is 3.38. The molecule has 0 spiro atoms. The Bertz CT molecular complexity index is 614. The van der Waals surface area contributed by atoms with Crippen LogP contribution in [-0.2, 0) is 6.54 Å². The molecule has 0 saturated carbocycles. The number of nitrogens with zero attached hydrogens (tertiary/aromatic N) is 1. The van der Waals surface area contributed by atoms with Crippen molar-refractivity contribution in [1.82, 2.24) is 15.2 Å². The first-order chi connectivity index (χ1) is 8.15. The van der Waals surface area contributed by atoms with Crippen LogP contribution in [-0.4, -0.2) is 20.3 Å². The molecule has 1 aromatic heterocycles. The summed E-state index contributed by atoms with van der Waals surface area (Å²) in [5.74, 6) is 0.214. The number of aromatic nitrogens is 3. The molecule has 88 valence electrons. The second-order valence-corrected chi connectivity index (χ2v) is 3.38. The SMILES string of the molecule is O=c1[nH]nc(NCc2ccc(O)cc2)c(=O)[nH]1. The lowest BCUT2D eigenvalue weighted by Crippen LogP contribution is -2.26. The fraction of sp³-hybridized carbons (Fsp3) is 0.100. The molecular weight excluding hydrogens is 224 g/mol. The number of nitrogens with one attached hydrogen (secondary N) is 3. The fourth-order valence-electron chi connectivity index (χ4n) is 1.27. The first-order valence-electron chi connectivity index (χ1n) is 4.86. The van der Waals surface area contributed by atoms with Crippen LogP contribution in [0.1, 0.15) is 5.56 Å². The van der Waals surface area contributed by atoms with E-state index in [1.54, 1.807) is 24.3 Å². The molecule has 0 aliphatic rings. The average Bonchev–Trinajstić information content (AvgIpc) is 2.30. The summed E-state index contributed by atoms with van der Waals surface area (Å²) in [6.45, 7) is 0.363. The molecule has 0 saturated heterocycles. The van der Waals surface area contributed by atoms with Crippen LogP contribution < -0.4 is 16.6 Å². The van der Waals surface area contributed by atoms with Gasteiger partial charge in [0.1, 0.15) is 5.75 Å². The van der Waals surface area contributed by atoms with Crippen LogP contribution in [0, 0.1) is 0 Å². The highest BCUT2D eigenvalue weighted by molar-refractivity contribution is 5.33. The minimum atomic E-state index is -0.648. The third-order valence-electron chi connectivity index (χ3n) is 2.11. The number of hydrogen-bond acceptors (Lipinski definition) is 5. The number of hydrogen-bond donors (Lipinski definition) is 4. The molecule has 0 atom stereocenters. The molecular formula is C10H10N4O3. The standard InChI is InChI=1S/C10H10N4O3/c15-7-3-1-6(2-4-7)5-11-8-9(16)12-10(17)14-13-8/h1-4,15H,5H2,(H,11,13)(H2,12,14,16,17). The Kier molecular flexibility index (Phi) is 2.91. The Morgan fingerprint density at radius 2 is 1.94 bits per heavy atom. The summed E-state index contributed by atoms with van der Waals surface area (Å²) in [7, 11) is 0. The van der Waals surface area contributed by atoms with E-state index in [1.807, 2.05) is 0 Å². The Labute approximate surface area is 95.1 Å². The first-order valence-corrected chi connectivity index (χ1v) is 4.86. The minimum Gasteiger partial charge on any atom is -0.508 e. The molecule has 4 N–H and O–H groups in total. The average molecular weight is 234 g/mol. The zero-order valence-electron chi connectivity index (χ0n) is 8.73. The predicted octanol–water partition coefficient (Wildman–Crippen LogP) is -0.224. The molecule has 1 heterocycles. The Balaban J connectivity index is 2.10. The van der Waals surface area contributed by atoms with Gasteiger partial charge < -0.3 is 10.4 Å². The van der Waals surface area contributed by atoms with Crippen LogP contribution in [0.15, 0.2) is 33.9 Å². The lowest BCUT2D eigenvalue weighted by atomic mass is 10.2. The molecule has 2 aromatic rings. The van der Waals surface area contributed by atoms with Gasteiger partial charge in [0, 0.05) is 6.54 Å². The van der Waals surface area contributed by atoms with E-state index < -0.39 is 11.2 Å². The third-order valence-corrected chi connectivity index (χ3v) is 2.11. The highest BCUT2D eigenvalue weighted by Crippen LogP contribution is 2.09. The van der Waals surface area contributed by atoms with Crippen molar-refractivity contribution in [2.24, 2.45) is 0 Å². The molecule has 0 aliphatic carbocycles. The van der Waals surface area contributed by atoms with Crippen molar-refractivity contribution in [1.29, 1.82) is 0 Å². The van der Waals surface area contributed by atoms with E-state index in [2.05, 4.69) is 20.5 Å². The first kappa shape index (κ1) is 10.9.